The Morgan fingerprint density at radius 3 is 2.75 bits per heavy atom. The van der Waals surface area contributed by atoms with Gasteiger partial charge in [0.25, 0.3) is 0 Å². The van der Waals surface area contributed by atoms with Crippen LogP contribution in [-0.2, 0) is 11.3 Å². The van der Waals surface area contributed by atoms with Gasteiger partial charge in [-0.1, -0.05) is 12.1 Å². The maximum Gasteiger partial charge on any atom is 0.310 e. The zero-order valence-electron chi connectivity index (χ0n) is 11.5. The minimum atomic E-state index is -1.02. The molecule has 0 fully saturated rings. The molecule has 7 heteroatoms. The second-order valence-corrected chi connectivity index (χ2v) is 5.31. The van der Waals surface area contributed by atoms with Crippen molar-refractivity contribution in [1.29, 1.82) is 0 Å². The molecule has 20 heavy (non-hydrogen) atoms. The molecule has 0 unspecified atom stereocenters. The van der Waals surface area contributed by atoms with Gasteiger partial charge in [0.1, 0.15) is 5.82 Å². The standard InChI is InChI=1S/C13H15FN4O2/c1-8-4-5-9(6-10(8)14)11-15-16-17-18(11)7-13(2,3)12(19)20/h4-6H,7H2,1-3H3,(H,19,20). The molecule has 106 valence electrons. The van der Waals surface area contributed by atoms with E-state index in [1.165, 1.54) is 10.7 Å². The average Bonchev–Trinajstić information content (AvgIpc) is 2.80. The van der Waals surface area contributed by atoms with E-state index >= 15 is 0 Å². The van der Waals surface area contributed by atoms with E-state index in [1.54, 1.807) is 32.9 Å². The molecule has 0 saturated carbocycles. The summed E-state index contributed by atoms with van der Waals surface area (Å²) in [7, 11) is 0. The van der Waals surface area contributed by atoms with Crippen molar-refractivity contribution in [3.05, 3.63) is 29.6 Å². The van der Waals surface area contributed by atoms with Crippen molar-refractivity contribution in [2.75, 3.05) is 0 Å². The Balaban J connectivity index is 2.38. The van der Waals surface area contributed by atoms with Crippen LogP contribution in [0.3, 0.4) is 0 Å². The molecule has 6 nitrogen and oxygen atoms in total. The smallest absolute Gasteiger partial charge is 0.310 e. The summed E-state index contributed by atoms with van der Waals surface area (Å²) in [6.45, 7) is 4.92. The monoisotopic (exact) mass is 278 g/mol. The minimum Gasteiger partial charge on any atom is -0.481 e. The lowest BCUT2D eigenvalue weighted by Gasteiger charge is -2.19. The molecule has 0 radical (unpaired) electrons. The van der Waals surface area contributed by atoms with Gasteiger partial charge in [-0.3, -0.25) is 4.79 Å². The second kappa shape index (κ2) is 4.99. The van der Waals surface area contributed by atoms with Gasteiger partial charge in [0.2, 0.25) is 0 Å². The molecule has 0 spiro atoms. The molecule has 2 rings (SSSR count). The molecule has 1 aromatic heterocycles. The van der Waals surface area contributed by atoms with E-state index in [2.05, 4.69) is 15.5 Å². The van der Waals surface area contributed by atoms with Crippen molar-refractivity contribution >= 4 is 5.97 Å². The molecular weight excluding hydrogens is 263 g/mol. The quantitative estimate of drug-likeness (QED) is 0.923. The third-order valence-electron chi connectivity index (χ3n) is 3.09. The summed E-state index contributed by atoms with van der Waals surface area (Å²) in [4.78, 5) is 11.2. The van der Waals surface area contributed by atoms with Crippen LogP contribution in [0.1, 0.15) is 19.4 Å². The molecule has 0 aliphatic heterocycles. The van der Waals surface area contributed by atoms with Gasteiger partial charge in [-0.15, -0.1) is 5.10 Å². The van der Waals surface area contributed by atoms with Crippen LogP contribution in [0.25, 0.3) is 11.4 Å². The van der Waals surface area contributed by atoms with Gasteiger partial charge in [0, 0.05) is 5.56 Å². The zero-order valence-corrected chi connectivity index (χ0v) is 11.5. The Morgan fingerprint density at radius 2 is 2.15 bits per heavy atom. The molecule has 0 saturated heterocycles. The predicted octanol–water partition coefficient (Wildman–Crippen LogP) is 1.90. The molecule has 0 aliphatic carbocycles. The summed E-state index contributed by atoms with van der Waals surface area (Å²) in [5, 5.41) is 20.3. The Hall–Kier alpha value is -2.31. The number of benzene rings is 1. The molecule has 1 N–H and O–H groups in total. The summed E-state index contributed by atoms with van der Waals surface area (Å²) in [5.41, 5.74) is 0.0193. The average molecular weight is 278 g/mol. The number of hydrogen-bond acceptors (Lipinski definition) is 4. The molecule has 2 aromatic rings. The largest absolute Gasteiger partial charge is 0.481 e. The number of tetrazole rings is 1. The maximum absolute atomic E-state index is 13.6. The van der Waals surface area contributed by atoms with Crippen LogP contribution in [0.4, 0.5) is 4.39 Å². The van der Waals surface area contributed by atoms with Crippen molar-refractivity contribution in [2.24, 2.45) is 5.41 Å². The number of aryl methyl sites for hydroxylation is 1. The first-order valence-electron chi connectivity index (χ1n) is 6.07. The number of hydrogen-bond donors (Lipinski definition) is 1. The van der Waals surface area contributed by atoms with Crippen molar-refractivity contribution < 1.29 is 14.3 Å². The number of aliphatic carboxylic acids is 1. The molecule has 0 amide bonds. The number of halogens is 1. The normalized spacial score (nSPS) is 11.6. The van der Waals surface area contributed by atoms with Gasteiger partial charge in [-0.05, 0) is 42.8 Å². The number of rotatable bonds is 4. The fraction of sp³-hybridized carbons (Fsp3) is 0.385. The number of aromatic nitrogens is 4. The van der Waals surface area contributed by atoms with Gasteiger partial charge in [-0.2, -0.15) is 0 Å². The van der Waals surface area contributed by atoms with Gasteiger partial charge >= 0.3 is 5.97 Å². The Kier molecular flexibility index (Phi) is 3.52. The van der Waals surface area contributed by atoms with E-state index in [9.17, 15) is 9.18 Å². The Bertz CT molecular complexity index is 652. The van der Waals surface area contributed by atoms with E-state index in [4.69, 9.17) is 5.11 Å². The SMILES string of the molecule is Cc1ccc(-c2nnnn2CC(C)(C)C(=O)O)cc1F. The number of carbonyl (C=O) groups is 1. The summed E-state index contributed by atoms with van der Waals surface area (Å²) < 4.78 is 15.0. The van der Waals surface area contributed by atoms with Crippen LogP contribution in [0, 0.1) is 18.2 Å². The van der Waals surface area contributed by atoms with Crippen molar-refractivity contribution in [3.63, 3.8) is 0 Å². The Labute approximate surface area is 115 Å². The number of carboxylic acids is 1. The second-order valence-electron chi connectivity index (χ2n) is 5.31. The van der Waals surface area contributed by atoms with Crippen molar-refractivity contribution in [3.8, 4) is 11.4 Å². The number of nitrogens with zero attached hydrogens (tertiary/aromatic N) is 4. The van der Waals surface area contributed by atoms with Gasteiger partial charge in [0.05, 0.1) is 12.0 Å². The highest BCUT2D eigenvalue weighted by Crippen LogP contribution is 2.23. The predicted molar refractivity (Wildman–Crippen MR) is 69.4 cm³/mol. The van der Waals surface area contributed by atoms with E-state index in [0.29, 0.717) is 17.0 Å². The highest BCUT2D eigenvalue weighted by atomic mass is 19.1. The van der Waals surface area contributed by atoms with E-state index in [-0.39, 0.29) is 12.4 Å². The van der Waals surface area contributed by atoms with Crippen molar-refractivity contribution in [1.82, 2.24) is 20.2 Å². The van der Waals surface area contributed by atoms with Crippen LogP contribution >= 0.6 is 0 Å². The Morgan fingerprint density at radius 1 is 1.45 bits per heavy atom. The summed E-state index contributed by atoms with van der Waals surface area (Å²) in [6.07, 6.45) is 0. The first kappa shape index (κ1) is 14.1. The number of carboxylic acid groups (broad SMARTS) is 1. The van der Waals surface area contributed by atoms with Crippen LogP contribution in [0.15, 0.2) is 18.2 Å². The molecule has 0 bridgehead atoms. The molecule has 0 aliphatic rings. The summed E-state index contributed by atoms with van der Waals surface area (Å²) in [6, 6.07) is 4.67. The zero-order chi connectivity index (χ0) is 14.9. The fourth-order valence-corrected chi connectivity index (χ4v) is 1.69. The van der Waals surface area contributed by atoms with Gasteiger partial charge in [-0.25, -0.2) is 9.07 Å². The summed E-state index contributed by atoms with van der Waals surface area (Å²) in [5.74, 6) is -0.957. The van der Waals surface area contributed by atoms with Crippen LogP contribution < -0.4 is 0 Å². The molecular formula is C13H15FN4O2. The first-order chi connectivity index (χ1) is 9.31. The lowest BCUT2D eigenvalue weighted by atomic mass is 9.94. The fourth-order valence-electron chi connectivity index (χ4n) is 1.69. The third kappa shape index (κ3) is 2.66. The van der Waals surface area contributed by atoms with E-state index in [1.807, 2.05) is 0 Å². The van der Waals surface area contributed by atoms with Gasteiger partial charge < -0.3 is 5.11 Å². The van der Waals surface area contributed by atoms with E-state index in [0.717, 1.165) is 0 Å². The molecule has 0 atom stereocenters. The lowest BCUT2D eigenvalue weighted by molar-refractivity contribution is -0.147. The molecule has 1 aromatic carbocycles. The van der Waals surface area contributed by atoms with Crippen LogP contribution in [-0.4, -0.2) is 31.3 Å². The highest BCUT2D eigenvalue weighted by Gasteiger charge is 2.29. The van der Waals surface area contributed by atoms with Crippen LogP contribution in [0.2, 0.25) is 0 Å². The summed E-state index contributed by atoms with van der Waals surface area (Å²) >= 11 is 0. The first-order valence-corrected chi connectivity index (χ1v) is 6.07. The highest BCUT2D eigenvalue weighted by molar-refractivity contribution is 5.73. The topological polar surface area (TPSA) is 80.9 Å². The van der Waals surface area contributed by atoms with E-state index < -0.39 is 11.4 Å². The maximum atomic E-state index is 13.6. The third-order valence-corrected chi connectivity index (χ3v) is 3.09. The van der Waals surface area contributed by atoms with Gasteiger partial charge in [0.15, 0.2) is 5.82 Å². The van der Waals surface area contributed by atoms with Crippen molar-refractivity contribution in [2.45, 2.75) is 27.3 Å². The lowest BCUT2D eigenvalue weighted by Crippen LogP contribution is -2.30. The molecule has 1 heterocycles. The minimum absolute atomic E-state index is 0.0974. The van der Waals surface area contributed by atoms with Crippen LogP contribution in [0.5, 0.6) is 0 Å².